The number of piperidine rings is 1. The van der Waals surface area contributed by atoms with Crippen molar-refractivity contribution in [1.29, 1.82) is 0 Å². The number of para-hydroxylation sites is 3. The first-order chi connectivity index (χ1) is 17.6. The standard InChI is InChI=1S/C27H28N6O2S/c1-30-22-9-4-5-10-23(22)32(27(30)35)15-6-14-31-16-11-19(12-17-31)24-20-7-2-3-8-21(20)33(29-24)26(34)25-28-13-18-36-25/h2-5,7-10,13,18-19H,6,11-12,14-17H2,1H3. The molecule has 0 saturated carbocycles. The van der Waals surface area contributed by atoms with Gasteiger partial charge in [-0.3, -0.25) is 13.9 Å². The number of nitrogens with zero attached hydrogens (tertiary/aromatic N) is 6. The molecule has 3 aromatic heterocycles. The first kappa shape index (κ1) is 22.9. The molecule has 0 amide bonds. The van der Waals surface area contributed by atoms with Crippen molar-refractivity contribution >= 4 is 39.2 Å². The quantitative estimate of drug-likeness (QED) is 0.351. The summed E-state index contributed by atoms with van der Waals surface area (Å²) in [7, 11) is 1.83. The fraction of sp³-hybridized carbons (Fsp3) is 0.333. The van der Waals surface area contributed by atoms with Gasteiger partial charge in [-0.15, -0.1) is 11.3 Å². The van der Waals surface area contributed by atoms with Gasteiger partial charge >= 0.3 is 11.6 Å². The molecule has 4 heterocycles. The average Bonchev–Trinajstić information content (AvgIpc) is 3.64. The van der Waals surface area contributed by atoms with Crippen LogP contribution in [0, 0.1) is 0 Å². The van der Waals surface area contributed by atoms with Crippen molar-refractivity contribution in [2.75, 3.05) is 19.6 Å². The number of fused-ring (bicyclic) bond motifs is 2. The molecule has 1 saturated heterocycles. The Kier molecular flexibility index (Phi) is 6.02. The highest BCUT2D eigenvalue weighted by Gasteiger charge is 2.27. The largest absolute Gasteiger partial charge is 0.328 e. The fourth-order valence-corrected chi connectivity index (χ4v) is 5.99. The van der Waals surface area contributed by atoms with E-state index >= 15 is 0 Å². The van der Waals surface area contributed by atoms with Crippen LogP contribution in [0.2, 0.25) is 0 Å². The Morgan fingerprint density at radius 3 is 2.47 bits per heavy atom. The van der Waals surface area contributed by atoms with Gasteiger partial charge < -0.3 is 4.90 Å². The lowest BCUT2D eigenvalue weighted by atomic mass is 9.91. The van der Waals surface area contributed by atoms with Gasteiger partial charge in [0.1, 0.15) is 0 Å². The highest BCUT2D eigenvalue weighted by atomic mass is 32.1. The molecular formula is C27H28N6O2S. The fourth-order valence-electron chi connectivity index (χ4n) is 5.43. The van der Waals surface area contributed by atoms with E-state index in [1.165, 1.54) is 16.0 Å². The number of benzene rings is 2. The van der Waals surface area contributed by atoms with Crippen molar-refractivity contribution in [2.45, 2.75) is 31.7 Å². The van der Waals surface area contributed by atoms with Crippen LogP contribution < -0.4 is 5.69 Å². The molecule has 8 nitrogen and oxygen atoms in total. The Labute approximate surface area is 212 Å². The van der Waals surface area contributed by atoms with Crippen LogP contribution in [-0.4, -0.2) is 54.3 Å². The Morgan fingerprint density at radius 2 is 1.72 bits per heavy atom. The van der Waals surface area contributed by atoms with E-state index in [0.29, 0.717) is 17.5 Å². The molecule has 5 aromatic rings. The second-order valence-electron chi connectivity index (χ2n) is 9.41. The van der Waals surface area contributed by atoms with Crippen LogP contribution >= 0.6 is 11.3 Å². The Hall–Kier alpha value is -3.56. The Bertz CT molecular complexity index is 1590. The Balaban J connectivity index is 1.12. The summed E-state index contributed by atoms with van der Waals surface area (Å²) in [5.41, 5.74) is 3.87. The summed E-state index contributed by atoms with van der Waals surface area (Å²) >= 11 is 1.34. The minimum atomic E-state index is -0.173. The summed E-state index contributed by atoms with van der Waals surface area (Å²) in [4.78, 5) is 32.4. The number of likely N-dealkylation sites (tertiary alicyclic amines) is 1. The third kappa shape index (κ3) is 3.98. The zero-order valence-electron chi connectivity index (χ0n) is 20.2. The van der Waals surface area contributed by atoms with Gasteiger partial charge in [0.25, 0.3) is 0 Å². The maximum absolute atomic E-state index is 13.0. The van der Waals surface area contributed by atoms with E-state index in [1.807, 2.05) is 59.5 Å². The molecule has 9 heteroatoms. The summed E-state index contributed by atoms with van der Waals surface area (Å²) < 4.78 is 5.14. The molecule has 0 atom stereocenters. The number of aryl methyl sites for hydroxylation is 2. The molecule has 0 spiro atoms. The van der Waals surface area contributed by atoms with E-state index in [-0.39, 0.29) is 11.6 Å². The zero-order valence-corrected chi connectivity index (χ0v) is 21.0. The number of thiazole rings is 1. The summed E-state index contributed by atoms with van der Waals surface area (Å²) in [6.07, 6.45) is 4.58. The Morgan fingerprint density at radius 1 is 1.00 bits per heavy atom. The van der Waals surface area contributed by atoms with Crippen molar-refractivity contribution < 1.29 is 4.79 Å². The van der Waals surface area contributed by atoms with Crippen molar-refractivity contribution in [3.8, 4) is 0 Å². The van der Waals surface area contributed by atoms with Crippen LogP contribution in [0.15, 0.2) is 64.9 Å². The van der Waals surface area contributed by atoms with Gasteiger partial charge in [-0.25, -0.2) is 9.78 Å². The monoisotopic (exact) mass is 500 g/mol. The minimum absolute atomic E-state index is 0.0460. The van der Waals surface area contributed by atoms with Crippen LogP contribution in [0.4, 0.5) is 0 Å². The van der Waals surface area contributed by atoms with E-state index in [0.717, 1.165) is 66.5 Å². The maximum atomic E-state index is 13.0. The van der Waals surface area contributed by atoms with Crippen LogP contribution in [0.3, 0.4) is 0 Å². The molecule has 2 aromatic carbocycles. The number of rotatable bonds is 6. The zero-order chi connectivity index (χ0) is 24.6. The summed E-state index contributed by atoms with van der Waals surface area (Å²) in [6.45, 7) is 3.64. The minimum Gasteiger partial charge on any atom is -0.303 e. The summed E-state index contributed by atoms with van der Waals surface area (Å²) in [5, 5.41) is 8.13. The number of hydrogen-bond donors (Lipinski definition) is 0. The third-order valence-electron chi connectivity index (χ3n) is 7.31. The van der Waals surface area contributed by atoms with E-state index < -0.39 is 0 Å². The summed E-state index contributed by atoms with van der Waals surface area (Å²) in [5.74, 6) is 0.144. The van der Waals surface area contributed by atoms with Crippen LogP contribution in [0.25, 0.3) is 21.9 Å². The SMILES string of the molecule is Cn1c(=O)n(CCCN2CCC(c3nn(C(=O)c4nccs4)c4ccccc34)CC2)c2ccccc21. The predicted molar refractivity (Wildman–Crippen MR) is 142 cm³/mol. The molecule has 184 valence electrons. The smallest absolute Gasteiger partial charge is 0.303 e. The van der Waals surface area contributed by atoms with E-state index in [9.17, 15) is 9.59 Å². The summed E-state index contributed by atoms with van der Waals surface area (Å²) in [6, 6.07) is 16.0. The number of aromatic nitrogens is 5. The van der Waals surface area contributed by atoms with E-state index in [1.54, 1.807) is 10.8 Å². The highest BCUT2D eigenvalue weighted by Crippen LogP contribution is 2.33. The number of carbonyl (C=O) groups is 1. The third-order valence-corrected chi connectivity index (χ3v) is 8.07. The molecule has 0 radical (unpaired) electrons. The number of imidazole rings is 1. The van der Waals surface area contributed by atoms with Crippen molar-refractivity contribution in [2.24, 2.45) is 7.05 Å². The second-order valence-corrected chi connectivity index (χ2v) is 10.3. The molecule has 0 unspecified atom stereocenters. The van der Waals surface area contributed by atoms with Crippen molar-refractivity contribution in [1.82, 2.24) is 28.8 Å². The molecule has 6 rings (SSSR count). The number of hydrogen-bond acceptors (Lipinski definition) is 6. The van der Waals surface area contributed by atoms with Gasteiger partial charge in [0, 0.05) is 36.5 Å². The molecule has 1 aliphatic rings. The van der Waals surface area contributed by atoms with Gasteiger partial charge in [-0.05, 0) is 57.1 Å². The molecule has 1 aliphatic heterocycles. The van der Waals surface area contributed by atoms with Gasteiger partial charge in [0.05, 0.1) is 22.2 Å². The maximum Gasteiger partial charge on any atom is 0.328 e. The van der Waals surface area contributed by atoms with Crippen LogP contribution in [0.5, 0.6) is 0 Å². The molecule has 1 fully saturated rings. The first-order valence-corrected chi connectivity index (χ1v) is 13.3. The van der Waals surface area contributed by atoms with Gasteiger partial charge in [0.15, 0.2) is 5.01 Å². The molecule has 0 bridgehead atoms. The molecule has 0 aliphatic carbocycles. The normalized spacial score (nSPS) is 15.2. The molecular weight excluding hydrogens is 472 g/mol. The van der Waals surface area contributed by atoms with Crippen LogP contribution in [-0.2, 0) is 13.6 Å². The number of carbonyl (C=O) groups excluding carboxylic acids is 1. The van der Waals surface area contributed by atoms with Gasteiger partial charge in [0.2, 0.25) is 0 Å². The lowest BCUT2D eigenvalue weighted by Crippen LogP contribution is -2.34. The topological polar surface area (TPSA) is 78.0 Å². The first-order valence-electron chi connectivity index (χ1n) is 12.4. The second kappa shape index (κ2) is 9.48. The van der Waals surface area contributed by atoms with Crippen molar-refractivity contribution in [3.63, 3.8) is 0 Å². The van der Waals surface area contributed by atoms with Gasteiger partial charge in [-0.2, -0.15) is 9.78 Å². The van der Waals surface area contributed by atoms with E-state index in [2.05, 4.69) is 16.0 Å². The average molecular weight is 501 g/mol. The van der Waals surface area contributed by atoms with Crippen LogP contribution in [0.1, 0.15) is 40.7 Å². The molecule has 0 N–H and O–H groups in total. The molecule has 36 heavy (non-hydrogen) atoms. The lowest BCUT2D eigenvalue weighted by molar-refractivity contribution is 0.0949. The van der Waals surface area contributed by atoms with Crippen molar-refractivity contribution in [3.05, 3.63) is 81.3 Å². The van der Waals surface area contributed by atoms with Gasteiger partial charge in [-0.1, -0.05) is 30.3 Å². The lowest BCUT2D eigenvalue weighted by Gasteiger charge is -2.31. The highest BCUT2D eigenvalue weighted by molar-refractivity contribution is 7.11. The van der Waals surface area contributed by atoms with E-state index in [4.69, 9.17) is 5.10 Å². The predicted octanol–water partition coefficient (Wildman–Crippen LogP) is 4.10.